The Hall–Kier alpha value is -2.16. The van der Waals surface area contributed by atoms with Gasteiger partial charge in [-0.2, -0.15) is 0 Å². The monoisotopic (exact) mass is 270 g/mol. The summed E-state index contributed by atoms with van der Waals surface area (Å²) in [5.74, 6) is 0.938. The van der Waals surface area contributed by atoms with Crippen LogP contribution in [0.15, 0.2) is 42.5 Å². The molecule has 0 spiro atoms. The third kappa shape index (κ3) is 3.92. The molecule has 2 rings (SSSR count). The normalized spacial score (nSPS) is 10.3. The van der Waals surface area contributed by atoms with E-state index >= 15 is 0 Å². The lowest BCUT2D eigenvalue weighted by molar-refractivity contribution is 0.325. The first-order chi connectivity index (χ1) is 9.54. The van der Waals surface area contributed by atoms with Crippen LogP contribution in [0.4, 0.5) is 11.4 Å². The molecule has 3 nitrogen and oxygen atoms in total. The van der Waals surface area contributed by atoms with Gasteiger partial charge in [0.25, 0.3) is 0 Å². The molecule has 20 heavy (non-hydrogen) atoms. The number of hydrogen-bond acceptors (Lipinski definition) is 3. The van der Waals surface area contributed by atoms with Crippen molar-refractivity contribution < 1.29 is 4.74 Å². The molecule has 0 aromatic heterocycles. The van der Waals surface area contributed by atoms with E-state index in [4.69, 9.17) is 10.5 Å². The van der Waals surface area contributed by atoms with Crippen LogP contribution in [-0.4, -0.2) is 20.2 Å². The second kappa shape index (κ2) is 6.33. The fourth-order valence-electron chi connectivity index (χ4n) is 2.17. The average Bonchev–Trinajstić information content (AvgIpc) is 2.38. The second-order valence-corrected chi connectivity index (χ2v) is 5.18. The molecule has 0 unspecified atom stereocenters. The van der Waals surface area contributed by atoms with Crippen LogP contribution in [0.2, 0.25) is 0 Å². The van der Waals surface area contributed by atoms with Crippen molar-refractivity contribution in [3.05, 3.63) is 53.6 Å². The largest absolute Gasteiger partial charge is 0.492 e. The van der Waals surface area contributed by atoms with Gasteiger partial charge in [0.2, 0.25) is 0 Å². The number of anilines is 2. The smallest absolute Gasteiger partial charge is 0.119 e. The predicted molar refractivity (Wildman–Crippen MR) is 85.5 cm³/mol. The summed E-state index contributed by atoms with van der Waals surface area (Å²) in [6.07, 6.45) is 0. The van der Waals surface area contributed by atoms with Gasteiger partial charge in [0, 0.05) is 18.4 Å². The molecule has 0 aliphatic rings. The Bertz CT molecular complexity index is 543. The molecular weight excluding hydrogens is 248 g/mol. The lowest BCUT2D eigenvalue weighted by Crippen LogP contribution is -2.23. The van der Waals surface area contributed by atoms with Crippen molar-refractivity contribution in [1.29, 1.82) is 0 Å². The number of nitrogens with zero attached hydrogens (tertiary/aromatic N) is 1. The Morgan fingerprint density at radius 3 is 2.20 bits per heavy atom. The Morgan fingerprint density at radius 1 is 1.00 bits per heavy atom. The fourth-order valence-corrected chi connectivity index (χ4v) is 2.17. The predicted octanol–water partition coefficient (Wildman–Crippen LogP) is 3.40. The molecule has 3 heteroatoms. The molecule has 2 aromatic carbocycles. The van der Waals surface area contributed by atoms with Crippen LogP contribution in [0.5, 0.6) is 5.75 Å². The topological polar surface area (TPSA) is 38.5 Å². The highest BCUT2D eigenvalue weighted by Gasteiger charge is 2.02. The molecule has 0 saturated heterocycles. The van der Waals surface area contributed by atoms with Crippen molar-refractivity contribution in [3.8, 4) is 5.75 Å². The summed E-state index contributed by atoms with van der Waals surface area (Å²) in [4.78, 5) is 2.15. The Labute approximate surface area is 121 Å². The maximum absolute atomic E-state index is 5.82. The van der Waals surface area contributed by atoms with E-state index in [0.29, 0.717) is 6.61 Å². The van der Waals surface area contributed by atoms with Gasteiger partial charge in [0.05, 0.1) is 6.54 Å². The van der Waals surface area contributed by atoms with Crippen LogP contribution >= 0.6 is 0 Å². The Morgan fingerprint density at radius 2 is 1.60 bits per heavy atom. The summed E-state index contributed by atoms with van der Waals surface area (Å²) in [6, 6.07) is 14.1. The van der Waals surface area contributed by atoms with E-state index in [0.717, 1.165) is 23.7 Å². The van der Waals surface area contributed by atoms with E-state index in [-0.39, 0.29) is 0 Å². The highest BCUT2D eigenvalue weighted by molar-refractivity contribution is 5.52. The van der Waals surface area contributed by atoms with Crippen LogP contribution in [0.1, 0.15) is 11.1 Å². The van der Waals surface area contributed by atoms with Crippen molar-refractivity contribution >= 4 is 11.4 Å². The van der Waals surface area contributed by atoms with Crippen LogP contribution in [-0.2, 0) is 0 Å². The molecule has 106 valence electrons. The highest BCUT2D eigenvalue weighted by Crippen LogP contribution is 2.17. The first kappa shape index (κ1) is 14.3. The molecule has 2 aromatic rings. The zero-order valence-electron chi connectivity index (χ0n) is 12.4. The Kier molecular flexibility index (Phi) is 4.51. The van der Waals surface area contributed by atoms with Gasteiger partial charge in [-0.25, -0.2) is 0 Å². The lowest BCUT2D eigenvalue weighted by Gasteiger charge is -2.19. The van der Waals surface area contributed by atoms with Gasteiger partial charge in [-0.1, -0.05) is 6.07 Å². The highest BCUT2D eigenvalue weighted by atomic mass is 16.5. The molecular formula is C17H22N2O. The minimum absolute atomic E-state index is 0.657. The SMILES string of the molecule is Cc1cc(C)cc(OCCN(C)c2ccc(N)cc2)c1. The zero-order chi connectivity index (χ0) is 14.5. The van der Waals surface area contributed by atoms with Gasteiger partial charge in [0.1, 0.15) is 12.4 Å². The maximum atomic E-state index is 5.82. The molecule has 0 amide bonds. The number of aryl methyl sites for hydroxylation is 2. The molecule has 2 N–H and O–H groups in total. The third-order valence-electron chi connectivity index (χ3n) is 3.22. The minimum atomic E-state index is 0.657. The van der Waals surface area contributed by atoms with Crippen LogP contribution < -0.4 is 15.4 Å². The van der Waals surface area contributed by atoms with E-state index in [1.165, 1.54) is 11.1 Å². The first-order valence-electron chi connectivity index (χ1n) is 6.82. The number of nitrogen functional groups attached to an aromatic ring is 1. The van der Waals surface area contributed by atoms with E-state index in [1.54, 1.807) is 0 Å². The lowest BCUT2D eigenvalue weighted by atomic mass is 10.1. The molecule has 0 radical (unpaired) electrons. The number of likely N-dealkylation sites (N-methyl/N-ethyl adjacent to an activating group) is 1. The number of ether oxygens (including phenoxy) is 1. The summed E-state index contributed by atoms with van der Waals surface area (Å²) < 4.78 is 5.82. The van der Waals surface area contributed by atoms with Crippen molar-refractivity contribution in [2.75, 3.05) is 30.8 Å². The summed E-state index contributed by atoms with van der Waals surface area (Å²) in [5.41, 5.74) is 10.1. The van der Waals surface area contributed by atoms with E-state index in [2.05, 4.69) is 44.0 Å². The van der Waals surface area contributed by atoms with Crippen LogP contribution in [0.25, 0.3) is 0 Å². The molecule has 0 fully saturated rings. The maximum Gasteiger partial charge on any atom is 0.119 e. The van der Waals surface area contributed by atoms with Crippen molar-refractivity contribution in [2.45, 2.75) is 13.8 Å². The zero-order valence-corrected chi connectivity index (χ0v) is 12.4. The standard InChI is InChI=1S/C17H22N2O/c1-13-10-14(2)12-17(11-13)20-9-8-19(3)16-6-4-15(18)5-7-16/h4-7,10-12H,8-9,18H2,1-3H3. The van der Waals surface area contributed by atoms with Gasteiger partial charge < -0.3 is 15.4 Å². The molecule has 0 saturated carbocycles. The number of nitrogens with two attached hydrogens (primary N) is 1. The first-order valence-corrected chi connectivity index (χ1v) is 6.82. The molecule has 0 aliphatic carbocycles. The quantitative estimate of drug-likeness (QED) is 0.846. The van der Waals surface area contributed by atoms with Crippen molar-refractivity contribution in [3.63, 3.8) is 0 Å². The molecule has 0 atom stereocenters. The number of benzene rings is 2. The summed E-state index contributed by atoms with van der Waals surface area (Å²) in [7, 11) is 2.05. The second-order valence-electron chi connectivity index (χ2n) is 5.18. The fraction of sp³-hybridized carbons (Fsp3) is 0.294. The number of hydrogen-bond donors (Lipinski definition) is 1. The van der Waals surface area contributed by atoms with E-state index < -0.39 is 0 Å². The van der Waals surface area contributed by atoms with Crippen molar-refractivity contribution in [2.24, 2.45) is 0 Å². The summed E-state index contributed by atoms with van der Waals surface area (Å²) in [5, 5.41) is 0. The van der Waals surface area contributed by atoms with Crippen LogP contribution in [0, 0.1) is 13.8 Å². The van der Waals surface area contributed by atoms with Gasteiger partial charge in [0.15, 0.2) is 0 Å². The Balaban J connectivity index is 1.87. The molecule has 0 heterocycles. The van der Waals surface area contributed by atoms with E-state index in [1.807, 2.05) is 24.3 Å². The van der Waals surface area contributed by atoms with Crippen LogP contribution in [0.3, 0.4) is 0 Å². The van der Waals surface area contributed by atoms with Gasteiger partial charge in [-0.15, -0.1) is 0 Å². The van der Waals surface area contributed by atoms with E-state index in [9.17, 15) is 0 Å². The third-order valence-corrected chi connectivity index (χ3v) is 3.22. The van der Waals surface area contributed by atoms with Gasteiger partial charge in [-0.05, 0) is 61.4 Å². The molecule has 0 aliphatic heterocycles. The minimum Gasteiger partial charge on any atom is -0.492 e. The van der Waals surface area contributed by atoms with Gasteiger partial charge >= 0.3 is 0 Å². The van der Waals surface area contributed by atoms with Crippen molar-refractivity contribution in [1.82, 2.24) is 0 Å². The summed E-state index contributed by atoms with van der Waals surface area (Å²) >= 11 is 0. The summed E-state index contributed by atoms with van der Waals surface area (Å²) in [6.45, 7) is 5.65. The average molecular weight is 270 g/mol. The molecule has 0 bridgehead atoms. The van der Waals surface area contributed by atoms with Gasteiger partial charge in [-0.3, -0.25) is 0 Å². The number of rotatable bonds is 5.